The van der Waals surface area contributed by atoms with E-state index in [-0.39, 0.29) is 6.04 Å². The van der Waals surface area contributed by atoms with Crippen LogP contribution < -0.4 is 19.5 Å². The molecular formula is C21H23N5O3. The number of benzene rings is 2. The molecule has 1 atom stereocenters. The van der Waals surface area contributed by atoms with Gasteiger partial charge in [0, 0.05) is 11.3 Å². The van der Waals surface area contributed by atoms with Gasteiger partial charge < -0.3 is 19.5 Å². The third-order valence-corrected chi connectivity index (χ3v) is 5.05. The largest absolute Gasteiger partial charge is 0.493 e. The van der Waals surface area contributed by atoms with Gasteiger partial charge in [-0.1, -0.05) is 36.3 Å². The number of anilines is 1. The minimum absolute atomic E-state index is 0.281. The quantitative estimate of drug-likeness (QED) is 0.688. The van der Waals surface area contributed by atoms with Crippen LogP contribution in [0.25, 0.3) is 5.70 Å². The average Bonchev–Trinajstić information content (AvgIpc) is 3.26. The van der Waals surface area contributed by atoms with Gasteiger partial charge in [0.15, 0.2) is 11.5 Å². The van der Waals surface area contributed by atoms with Crippen molar-refractivity contribution in [2.75, 3.05) is 26.6 Å². The zero-order chi connectivity index (χ0) is 20.4. The van der Waals surface area contributed by atoms with Crippen molar-refractivity contribution in [2.24, 2.45) is 0 Å². The van der Waals surface area contributed by atoms with Crippen molar-refractivity contribution in [3.63, 3.8) is 0 Å². The van der Waals surface area contributed by atoms with Gasteiger partial charge in [-0.2, -0.15) is 4.68 Å². The minimum atomic E-state index is -0.281. The van der Waals surface area contributed by atoms with Crippen molar-refractivity contribution in [1.82, 2.24) is 20.2 Å². The van der Waals surface area contributed by atoms with Gasteiger partial charge >= 0.3 is 0 Å². The molecule has 2 aromatic carbocycles. The van der Waals surface area contributed by atoms with E-state index in [1.807, 2.05) is 12.1 Å². The van der Waals surface area contributed by atoms with E-state index in [0.29, 0.717) is 23.2 Å². The molecule has 2 heterocycles. The van der Waals surface area contributed by atoms with E-state index in [9.17, 15) is 0 Å². The highest BCUT2D eigenvalue weighted by Crippen LogP contribution is 2.44. The number of rotatable bonds is 6. The molecule has 1 aromatic heterocycles. The number of aromatic nitrogens is 4. The second kappa shape index (κ2) is 7.83. The van der Waals surface area contributed by atoms with Crippen LogP contribution in [0.5, 0.6) is 17.2 Å². The molecule has 29 heavy (non-hydrogen) atoms. The first-order valence-electron chi connectivity index (χ1n) is 9.35. The highest BCUT2D eigenvalue weighted by atomic mass is 16.5. The number of nitrogens with one attached hydrogen (secondary N) is 1. The second-order valence-electron chi connectivity index (χ2n) is 6.57. The number of ether oxygens (including phenoxy) is 3. The van der Waals surface area contributed by atoms with Gasteiger partial charge in [0.1, 0.15) is 6.04 Å². The van der Waals surface area contributed by atoms with Crippen molar-refractivity contribution >= 4 is 11.6 Å². The summed E-state index contributed by atoms with van der Waals surface area (Å²) >= 11 is 0. The molecule has 0 saturated carbocycles. The first kappa shape index (κ1) is 18.8. The number of tetrazole rings is 1. The Bertz CT molecular complexity index is 1040. The highest BCUT2D eigenvalue weighted by Gasteiger charge is 2.29. The normalized spacial score (nSPS) is 15.2. The zero-order valence-electron chi connectivity index (χ0n) is 16.8. The summed E-state index contributed by atoms with van der Waals surface area (Å²) in [5.74, 6) is 2.27. The van der Waals surface area contributed by atoms with E-state index in [4.69, 9.17) is 14.2 Å². The Morgan fingerprint density at radius 3 is 2.38 bits per heavy atom. The zero-order valence-corrected chi connectivity index (χ0v) is 16.8. The van der Waals surface area contributed by atoms with Crippen LogP contribution in [0.2, 0.25) is 0 Å². The van der Waals surface area contributed by atoms with Crippen LogP contribution in [-0.4, -0.2) is 41.5 Å². The predicted molar refractivity (Wildman–Crippen MR) is 109 cm³/mol. The maximum Gasteiger partial charge on any atom is 0.248 e. The van der Waals surface area contributed by atoms with Gasteiger partial charge in [-0.3, -0.25) is 0 Å². The number of methoxy groups -OCH3 is 3. The van der Waals surface area contributed by atoms with E-state index in [1.54, 1.807) is 26.0 Å². The SMILES string of the molecule is CCc1ccc(C2=C[C@H](c3ccc(OC)c(OC)c3OC)n3nnnc3N2)cc1. The average molecular weight is 393 g/mol. The van der Waals surface area contributed by atoms with E-state index in [1.165, 1.54) is 5.56 Å². The van der Waals surface area contributed by atoms with Crippen molar-refractivity contribution in [2.45, 2.75) is 19.4 Å². The lowest BCUT2D eigenvalue weighted by atomic mass is 9.99. The molecule has 8 nitrogen and oxygen atoms in total. The molecular weight excluding hydrogens is 370 g/mol. The summed E-state index contributed by atoms with van der Waals surface area (Å²) in [4.78, 5) is 0. The number of fused-ring (bicyclic) bond motifs is 1. The molecule has 0 fully saturated rings. The van der Waals surface area contributed by atoms with Gasteiger partial charge in [0.2, 0.25) is 11.7 Å². The highest BCUT2D eigenvalue weighted by molar-refractivity contribution is 5.77. The molecule has 1 aliphatic heterocycles. The molecule has 0 amide bonds. The van der Waals surface area contributed by atoms with E-state index in [2.05, 4.69) is 58.1 Å². The molecule has 8 heteroatoms. The summed E-state index contributed by atoms with van der Waals surface area (Å²) in [5, 5.41) is 15.4. The van der Waals surface area contributed by atoms with E-state index in [0.717, 1.165) is 23.2 Å². The van der Waals surface area contributed by atoms with Crippen LogP contribution >= 0.6 is 0 Å². The van der Waals surface area contributed by atoms with Gasteiger partial charge in [-0.25, -0.2) is 0 Å². The summed E-state index contributed by atoms with van der Waals surface area (Å²) in [7, 11) is 4.79. The maximum absolute atomic E-state index is 5.69. The lowest BCUT2D eigenvalue weighted by Crippen LogP contribution is -2.21. The lowest BCUT2D eigenvalue weighted by molar-refractivity contribution is 0.320. The second-order valence-corrected chi connectivity index (χ2v) is 6.57. The van der Waals surface area contributed by atoms with Crippen molar-refractivity contribution in [3.8, 4) is 17.2 Å². The molecule has 3 aromatic rings. The number of aryl methyl sites for hydroxylation is 1. The van der Waals surface area contributed by atoms with Gasteiger partial charge in [0.25, 0.3) is 0 Å². The fraction of sp³-hybridized carbons (Fsp3) is 0.286. The third kappa shape index (κ3) is 3.26. The van der Waals surface area contributed by atoms with Crippen LogP contribution in [0.3, 0.4) is 0 Å². The van der Waals surface area contributed by atoms with Crippen LogP contribution in [0, 0.1) is 0 Å². The first-order valence-corrected chi connectivity index (χ1v) is 9.35. The lowest BCUT2D eigenvalue weighted by Gasteiger charge is -2.25. The van der Waals surface area contributed by atoms with E-state index < -0.39 is 0 Å². The number of allylic oxidation sites excluding steroid dienone is 1. The molecule has 0 bridgehead atoms. The van der Waals surface area contributed by atoms with Crippen molar-refractivity contribution in [1.29, 1.82) is 0 Å². The summed E-state index contributed by atoms with van der Waals surface area (Å²) in [5.41, 5.74) is 4.13. The Morgan fingerprint density at radius 1 is 0.966 bits per heavy atom. The molecule has 0 spiro atoms. The van der Waals surface area contributed by atoms with Gasteiger partial charge in [-0.15, -0.1) is 0 Å². The Balaban J connectivity index is 1.84. The van der Waals surface area contributed by atoms with Crippen LogP contribution in [0.4, 0.5) is 5.95 Å². The molecule has 150 valence electrons. The summed E-state index contributed by atoms with van der Waals surface area (Å²) in [6, 6.07) is 12.0. The van der Waals surface area contributed by atoms with Crippen molar-refractivity contribution < 1.29 is 14.2 Å². The number of hydrogen-bond donors (Lipinski definition) is 1. The Kier molecular flexibility index (Phi) is 5.07. The molecule has 0 aliphatic carbocycles. The third-order valence-electron chi connectivity index (χ3n) is 5.05. The molecule has 1 aliphatic rings. The fourth-order valence-electron chi connectivity index (χ4n) is 3.52. The molecule has 4 rings (SSSR count). The number of nitrogens with zero attached hydrogens (tertiary/aromatic N) is 4. The minimum Gasteiger partial charge on any atom is -0.493 e. The van der Waals surface area contributed by atoms with Gasteiger partial charge in [0.05, 0.1) is 21.3 Å². The van der Waals surface area contributed by atoms with Crippen LogP contribution in [0.1, 0.15) is 29.7 Å². The number of hydrogen-bond acceptors (Lipinski definition) is 7. The summed E-state index contributed by atoms with van der Waals surface area (Å²) in [6.07, 6.45) is 3.07. The summed E-state index contributed by atoms with van der Waals surface area (Å²) in [6.45, 7) is 2.14. The standard InChI is InChI=1S/C21H23N5O3/c1-5-13-6-8-14(9-7-13)16-12-17(26-21(22-16)23-24-25-26)15-10-11-18(27-2)20(29-4)19(15)28-3/h6-12,17H,5H2,1-4H3,(H,22,23,25)/t17-/m1/s1. The molecule has 0 saturated heterocycles. The van der Waals surface area contributed by atoms with Crippen LogP contribution in [0.15, 0.2) is 42.5 Å². The maximum atomic E-state index is 5.69. The van der Waals surface area contributed by atoms with E-state index >= 15 is 0 Å². The van der Waals surface area contributed by atoms with Crippen molar-refractivity contribution in [3.05, 3.63) is 59.2 Å². The smallest absolute Gasteiger partial charge is 0.248 e. The Hall–Kier alpha value is -3.55. The molecule has 0 radical (unpaired) electrons. The topological polar surface area (TPSA) is 83.3 Å². The summed E-state index contributed by atoms with van der Waals surface area (Å²) < 4.78 is 18.4. The molecule has 0 unspecified atom stereocenters. The van der Waals surface area contributed by atoms with Gasteiger partial charge in [-0.05, 0) is 46.2 Å². The monoisotopic (exact) mass is 393 g/mol. The Labute approximate surface area is 169 Å². The van der Waals surface area contributed by atoms with Crippen LogP contribution in [-0.2, 0) is 6.42 Å². The predicted octanol–water partition coefficient (Wildman–Crippen LogP) is 3.32. The first-order chi connectivity index (χ1) is 14.2. The molecule has 1 N–H and O–H groups in total. The Morgan fingerprint density at radius 2 is 1.72 bits per heavy atom. The fourth-order valence-corrected chi connectivity index (χ4v) is 3.52.